The van der Waals surface area contributed by atoms with Gasteiger partial charge in [0.2, 0.25) is 0 Å². The lowest BCUT2D eigenvalue weighted by Gasteiger charge is -2.22. The molecule has 0 aliphatic heterocycles. The van der Waals surface area contributed by atoms with Crippen molar-refractivity contribution in [3.05, 3.63) is 64.4 Å². The highest BCUT2D eigenvalue weighted by Gasteiger charge is 2.16. The molecule has 0 aliphatic rings. The number of hydrogen-bond acceptors (Lipinski definition) is 3. The first-order chi connectivity index (χ1) is 11.3. The van der Waals surface area contributed by atoms with Crippen LogP contribution in [0.4, 0.5) is 0 Å². The fourth-order valence-electron chi connectivity index (χ4n) is 2.80. The second-order valence-corrected chi connectivity index (χ2v) is 7.24. The van der Waals surface area contributed by atoms with Gasteiger partial charge in [-0.05, 0) is 23.1 Å². The highest BCUT2D eigenvalue weighted by molar-refractivity contribution is 5.79. The fraction of sp³-hybridized carbons (Fsp3) is 0.300. The quantitative estimate of drug-likeness (QED) is 0.724. The summed E-state index contributed by atoms with van der Waals surface area (Å²) in [6.45, 7) is 6.56. The number of hydrogen-bond donors (Lipinski definition) is 0. The van der Waals surface area contributed by atoms with Crippen molar-refractivity contribution in [2.24, 2.45) is 0 Å². The average Bonchev–Trinajstić information content (AvgIpc) is 2.53. The molecule has 4 nitrogen and oxygen atoms in total. The van der Waals surface area contributed by atoms with Crippen LogP contribution >= 0.6 is 0 Å². The molecular formula is C20H23N3O. The molecule has 0 radical (unpaired) electrons. The van der Waals surface area contributed by atoms with Crippen molar-refractivity contribution >= 4 is 10.9 Å². The van der Waals surface area contributed by atoms with Gasteiger partial charge in [-0.15, -0.1) is 0 Å². The summed E-state index contributed by atoms with van der Waals surface area (Å²) in [5.41, 5.74) is 2.94. The predicted molar refractivity (Wildman–Crippen MR) is 100 cm³/mol. The van der Waals surface area contributed by atoms with Gasteiger partial charge in [0.15, 0.2) is 5.82 Å². The van der Waals surface area contributed by atoms with Gasteiger partial charge in [0.1, 0.15) is 0 Å². The van der Waals surface area contributed by atoms with Crippen molar-refractivity contribution < 1.29 is 0 Å². The van der Waals surface area contributed by atoms with Crippen LogP contribution in [0.5, 0.6) is 0 Å². The Hall–Kier alpha value is -2.62. The summed E-state index contributed by atoms with van der Waals surface area (Å²) in [6.07, 6.45) is 0. The number of nitrogens with zero attached hydrogens (tertiary/aromatic N) is 3. The average molecular weight is 321 g/mol. The van der Waals surface area contributed by atoms with E-state index in [-0.39, 0.29) is 11.0 Å². The van der Waals surface area contributed by atoms with E-state index in [0.29, 0.717) is 11.2 Å². The number of fused-ring (bicyclic) bond motifs is 1. The molecule has 1 aromatic heterocycles. The van der Waals surface area contributed by atoms with Crippen LogP contribution in [-0.2, 0) is 5.41 Å². The molecule has 1 heterocycles. The summed E-state index contributed by atoms with van der Waals surface area (Å²) >= 11 is 0. The lowest BCUT2D eigenvalue weighted by Crippen LogP contribution is -2.37. The predicted octanol–water partition coefficient (Wildman–Crippen LogP) is 3.56. The maximum atomic E-state index is 12.9. The molecule has 0 unspecified atom stereocenters. The summed E-state index contributed by atoms with van der Waals surface area (Å²) in [5, 5.41) is 2.40. The Labute approximate surface area is 142 Å². The summed E-state index contributed by atoms with van der Waals surface area (Å²) < 4.78 is 1.62. The van der Waals surface area contributed by atoms with Crippen LogP contribution < -0.4 is 10.6 Å². The Balaban J connectivity index is 2.25. The van der Waals surface area contributed by atoms with Gasteiger partial charge >= 0.3 is 0 Å². The van der Waals surface area contributed by atoms with Crippen molar-refractivity contribution in [3.63, 3.8) is 0 Å². The van der Waals surface area contributed by atoms with Gasteiger partial charge < -0.3 is 5.01 Å². The zero-order chi connectivity index (χ0) is 17.5. The van der Waals surface area contributed by atoms with E-state index in [1.807, 2.05) is 50.5 Å². The summed E-state index contributed by atoms with van der Waals surface area (Å²) in [7, 11) is 3.70. The van der Waals surface area contributed by atoms with Gasteiger partial charge in [-0.25, -0.2) is 9.66 Å². The first kappa shape index (κ1) is 16.2. The van der Waals surface area contributed by atoms with E-state index in [4.69, 9.17) is 4.98 Å². The van der Waals surface area contributed by atoms with E-state index in [1.54, 1.807) is 9.69 Å². The molecule has 0 atom stereocenters. The third-order valence-corrected chi connectivity index (χ3v) is 4.16. The monoisotopic (exact) mass is 321 g/mol. The second-order valence-electron chi connectivity index (χ2n) is 7.24. The van der Waals surface area contributed by atoms with Crippen molar-refractivity contribution in [2.45, 2.75) is 26.2 Å². The maximum absolute atomic E-state index is 12.9. The van der Waals surface area contributed by atoms with Crippen LogP contribution in [0.2, 0.25) is 0 Å². The number of benzene rings is 2. The van der Waals surface area contributed by atoms with E-state index in [1.165, 1.54) is 5.56 Å². The number of rotatable bonds is 2. The maximum Gasteiger partial charge on any atom is 0.280 e. The lowest BCUT2D eigenvalue weighted by atomic mass is 9.86. The van der Waals surface area contributed by atoms with E-state index >= 15 is 0 Å². The Morgan fingerprint density at radius 3 is 2.17 bits per heavy atom. The van der Waals surface area contributed by atoms with Crippen molar-refractivity contribution in [3.8, 4) is 11.4 Å². The van der Waals surface area contributed by atoms with Crippen molar-refractivity contribution in [2.75, 3.05) is 19.1 Å². The van der Waals surface area contributed by atoms with Crippen LogP contribution in [0.3, 0.4) is 0 Å². The minimum atomic E-state index is -0.0551. The summed E-state index contributed by atoms with van der Waals surface area (Å²) in [4.78, 5) is 17.6. The van der Waals surface area contributed by atoms with Crippen LogP contribution in [0.1, 0.15) is 26.3 Å². The molecule has 0 saturated heterocycles. The molecule has 0 bridgehead atoms. The van der Waals surface area contributed by atoms with Crippen molar-refractivity contribution in [1.82, 2.24) is 9.66 Å². The Morgan fingerprint density at radius 1 is 0.958 bits per heavy atom. The SMILES string of the molecule is CN(C)n1c(-c2ccc(C(C)(C)C)cc2)nc2ccccc2c1=O. The smallest absolute Gasteiger partial charge is 0.280 e. The van der Waals surface area contributed by atoms with Gasteiger partial charge in [0.05, 0.1) is 10.9 Å². The molecule has 0 fully saturated rings. The first-order valence-electron chi connectivity index (χ1n) is 8.09. The van der Waals surface area contributed by atoms with E-state index in [9.17, 15) is 4.79 Å². The third-order valence-electron chi connectivity index (χ3n) is 4.16. The molecule has 124 valence electrons. The minimum Gasteiger partial charge on any atom is -0.314 e. The van der Waals surface area contributed by atoms with E-state index in [2.05, 4.69) is 32.9 Å². The largest absolute Gasteiger partial charge is 0.314 e. The zero-order valence-corrected chi connectivity index (χ0v) is 14.9. The standard InChI is InChI=1S/C20H23N3O/c1-20(2,3)15-12-10-14(11-13-15)18-21-17-9-7-6-8-16(17)19(24)23(18)22(4)5/h6-13H,1-5H3. The Morgan fingerprint density at radius 2 is 1.58 bits per heavy atom. The molecule has 0 amide bonds. The molecule has 0 spiro atoms. The van der Waals surface area contributed by atoms with Crippen LogP contribution in [0.25, 0.3) is 22.3 Å². The molecule has 3 aromatic rings. The van der Waals surface area contributed by atoms with Gasteiger partial charge in [0, 0.05) is 19.7 Å². The molecule has 4 heteroatoms. The normalized spacial score (nSPS) is 11.7. The fourth-order valence-corrected chi connectivity index (χ4v) is 2.80. The Kier molecular flexibility index (Phi) is 3.91. The van der Waals surface area contributed by atoms with Crippen LogP contribution in [-0.4, -0.2) is 23.8 Å². The molecule has 0 aliphatic carbocycles. The molecule has 0 saturated carbocycles. The van der Waals surface area contributed by atoms with E-state index < -0.39 is 0 Å². The second kappa shape index (κ2) is 5.78. The zero-order valence-electron chi connectivity index (χ0n) is 14.9. The highest BCUT2D eigenvalue weighted by atomic mass is 16.1. The van der Waals surface area contributed by atoms with Crippen molar-refractivity contribution in [1.29, 1.82) is 0 Å². The van der Waals surface area contributed by atoms with Crippen LogP contribution in [0, 0.1) is 0 Å². The lowest BCUT2D eigenvalue weighted by molar-refractivity contribution is 0.590. The topological polar surface area (TPSA) is 38.1 Å². The van der Waals surface area contributed by atoms with Gasteiger partial charge in [-0.1, -0.05) is 57.2 Å². The minimum absolute atomic E-state index is 0.0551. The Bertz CT molecular complexity index is 932. The molecule has 24 heavy (non-hydrogen) atoms. The third kappa shape index (κ3) is 2.80. The summed E-state index contributed by atoms with van der Waals surface area (Å²) in [5.74, 6) is 0.657. The highest BCUT2D eigenvalue weighted by Crippen LogP contribution is 2.25. The molecule has 0 N–H and O–H groups in total. The molecule has 3 rings (SSSR count). The van der Waals surface area contributed by atoms with Crippen LogP contribution in [0.15, 0.2) is 53.3 Å². The van der Waals surface area contributed by atoms with Gasteiger partial charge in [0.25, 0.3) is 5.56 Å². The van der Waals surface area contributed by atoms with Gasteiger partial charge in [-0.2, -0.15) is 0 Å². The number of para-hydroxylation sites is 1. The molecular weight excluding hydrogens is 298 g/mol. The van der Waals surface area contributed by atoms with Gasteiger partial charge in [-0.3, -0.25) is 4.79 Å². The van der Waals surface area contributed by atoms with E-state index in [0.717, 1.165) is 11.1 Å². The first-order valence-corrected chi connectivity index (χ1v) is 8.09. The number of aromatic nitrogens is 2. The molecule has 2 aromatic carbocycles. The summed E-state index contributed by atoms with van der Waals surface area (Å²) in [6, 6.07) is 15.8.